The standard InChI is InChI=1S/C33H34N4O4/c1-5-9-30-29(33(39)37(22(4)34-30)25-10-8-11-26(19-25)41-21(2)3)18-23-14-16-24(17-15-23)27-12-6-7-13-28(27)32-35-31(38)20-40-36-32/h6-8,10-17,19,21H,5,9,18,20H2,1-4H3,(H,35,36,38). The molecule has 1 amide bonds. The van der Waals surface area contributed by atoms with Crippen LogP contribution >= 0.6 is 0 Å². The highest BCUT2D eigenvalue weighted by molar-refractivity contribution is 6.12. The number of aromatic nitrogens is 2. The number of nitrogens with zero attached hydrogens (tertiary/aromatic N) is 3. The molecular weight excluding hydrogens is 516 g/mol. The fourth-order valence-corrected chi connectivity index (χ4v) is 5.02. The molecule has 1 aliphatic rings. The van der Waals surface area contributed by atoms with Crippen LogP contribution in [0.1, 0.15) is 55.4 Å². The van der Waals surface area contributed by atoms with E-state index in [1.54, 1.807) is 4.57 Å². The molecule has 0 radical (unpaired) electrons. The molecule has 0 aliphatic carbocycles. The molecule has 0 spiro atoms. The van der Waals surface area contributed by atoms with E-state index in [0.29, 0.717) is 29.4 Å². The molecule has 0 unspecified atom stereocenters. The summed E-state index contributed by atoms with van der Waals surface area (Å²) in [6.45, 7) is 7.83. The van der Waals surface area contributed by atoms with Gasteiger partial charge >= 0.3 is 0 Å². The molecule has 8 heteroatoms. The van der Waals surface area contributed by atoms with Gasteiger partial charge in [-0.3, -0.25) is 14.2 Å². The first-order valence-electron chi connectivity index (χ1n) is 13.9. The third kappa shape index (κ3) is 6.22. The number of hydrogen-bond donors (Lipinski definition) is 1. The number of ether oxygens (including phenoxy) is 1. The first-order valence-corrected chi connectivity index (χ1v) is 13.9. The van der Waals surface area contributed by atoms with Crippen molar-refractivity contribution in [2.24, 2.45) is 5.16 Å². The van der Waals surface area contributed by atoms with Crippen LogP contribution < -0.4 is 15.6 Å². The normalized spacial score (nSPS) is 13.0. The second-order valence-corrected chi connectivity index (χ2v) is 10.3. The van der Waals surface area contributed by atoms with Crippen molar-refractivity contribution < 1.29 is 14.4 Å². The minimum Gasteiger partial charge on any atom is -0.491 e. The second kappa shape index (κ2) is 12.2. The molecule has 8 nitrogen and oxygen atoms in total. The molecule has 41 heavy (non-hydrogen) atoms. The van der Waals surface area contributed by atoms with Crippen LogP contribution in [0.3, 0.4) is 0 Å². The van der Waals surface area contributed by atoms with Gasteiger partial charge in [-0.2, -0.15) is 0 Å². The maximum absolute atomic E-state index is 14.0. The van der Waals surface area contributed by atoms with E-state index in [-0.39, 0.29) is 24.2 Å². The highest BCUT2D eigenvalue weighted by Gasteiger charge is 2.19. The molecule has 3 aromatic carbocycles. The Morgan fingerprint density at radius 3 is 2.46 bits per heavy atom. The topological polar surface area (TPSA) is 94.8 Å². The number of oxime groups is 1. The smallest absolute Gasteiger partial charge is 0.266 e. The van der Waals surface area contributed by atoms with Crippen molar-refractivity contribution in [3.05, 3.63) is 111 Å². The van der Waals surface area contributed by atoms with E-state index in [1.165, 1.54) is 0 Å². The first kappa shape index (κ1) is 27.8. The van der Waals surface area contributed by atoms with Crippen LogP contribution in [-0.4, -0.2) is 34.0 Å². The van der Waals surface area contributed by atoms with Crippen LogP contribution in [0.25, 0.3) is 16.8 Å². The van der Waals surface area contributed by atoms with Gasteiger partial charge in [-0.1, -0.05) is 73.1 Å². The monoisotopic (exact) mass is 550 g/mol. The average molecular weight is 551 g/mol. The van der Waals surface area contributed by atoms with Gasteiger partial charge in [0, 0.05) is 23.6 Å². The Balaban J connectivity index is 1.49. The van der Waals surface area contributed by atoms with E-state index in [4.69, 9.17) is 14.6 Å². The fourth-order valence-electron chi connectivity index (χ4n) is 5.02. The minimum atomic E-state index is -0.237. The van der Waals surface area contributed by atoms with Crippen LogP contribution in [-0.2, 0) is 22.5 Å². The predicted octanol–water partition coefficient (Wildman–Crippen LogP) is 5.35. The van der Waals surface area contributed by atoms with Crippen molar-refractivity contribution in [3.8, 4) is 22.6 Å². The van der Waals surface area contributed by atoms with Crippen molar-refractivity contribution in [3.63, 3.8) is 0 Å². The molecule has 1 aromatic heterocycles. The Hall–Kier alpha value is -4.72. The summed E-state index contributed by atoms with van der Waals surface area (Å²) in [5, 5.41) is 6.82. The van der Waals surface area contributed by atoms with Crippen LogP contribution in [0.2, 0.25) is 0 Å². The summed E-state index contributed by atoms with van der Waals surface area (Å²) in [7, 11) is 0. The number of carbonyl (C=O) groups is 1. The number of aryl methyl sites for hydroxylation is 2. The van der Waals surface area contributed by atoms with Gasteiger partial charge < -0.3 is 14.9 Å². The van der Waals surface area contributed by atoms with Crippen molar-refractivity contribution in [2.45, 2.75) is 53.1 Å². The van der Waals surface area contributed by atoms with Crippen LogP contribution in [0.5, 0.6) is 5.75 Å². The highest BCUT2D eigenvalue weighted by atomic mass is 16.6. The number of carbonyl (C=O) groups excluding carboxylic acids is 1. The third-order valence-corrected chi connectivity index (χ3v) is 6.80. The largest absolute Gasteiger partial charge is 0.491 e. The quantitative estimate of drug-likeness (QED) is 0.303. The lowest BCUT2D eigenvalue weighted by atomic mass is 9.96. The van der Waals surface area contributed by atoms with Gasteiger partial charge in [0.15, 0.2) is 12.4 Å². The van der Waals surface area contributed by atoms with Gasteiger partial charge in [0.25, 0.3) is 11.5 Å². The number of rotatable bonds is 9. The lowest BCUT2D eigenvalue weighted by Crippen LogP contribution is -2.37. The number of hydrogen-bond acceptors (Lipinski definition) is 6. The summed E-state index contributed by atoms with van der Waals surface area (Å²) in [6, 6.07) is 23.4. The zero-order chi connectivity index (χ0) is 28.9. The third-order valence-electron chi connectivity index (χ3n) is 6.80. The summed E-state index contributed by atoms with van der Waals surface area (Å²) in [6.07, 6.45) is 2.11. The Morgan fingerprint density at radius 2 is 1.76 bits per heavy atom. The molecule has 0 saturated carbocycles. The van der Waals surface area contributed by atoms with E-state index in [0.717, 1.165) is 46.5 Å². The Kier molecular flexibility index (Phi) is 8.29. The first-order chi connectivity index (χ1) is 19.8. The Bertz CT molecular complexity index is 1660. The van der Waals surface area contributed by atoms with Crippen LogP contribution in [0, 0.1) is 6.92 Å². The minimum absolute atomic E-state index is 0.0290. The number of benzene rings is 3. The Morgan fingerprint density at radius 1 is 1.00 bits per heavy atom. The van der Waals surface area contributed by atoms with E-state index >= 15 is 0 Å². The van der Waals surface area contributed by atoms with Gasteiger partial charge in [-0.25, -0.2) is 4.98 Å². The van der Waals surface area contributed by atoms with Gasteiger partial charge in [0.1, 0.15) is 11.6 Å². The molecule has 0 bridgehead atoms. The molecule has 5 rings (SSSR count). The lowest BCUT2D eigenvalue weighted by Gasteiger charge is -2.17. The average Bonchev–Trinajstić information content (AvgIpc) is 2.95. The van der Waals surface area contributed by atoms with Crippen molar-refractivity contribution >= 4 is 11.7 Å². The van der Waals surface area contributed by atoms with E-state index in [9.17, 15) is 9.59 Å². The summed E-state index contributed by atoms with van der Waals surface area (Å²) in [5.41, 5.74) is 5.84. The van der Waals surface area contributed by atoms with Gasteiger partial charge in [-0.05, 0) is 56.0 Å². The number of amidine groups is 1. The molecule has 2 heterocycles. The molecule has 0 atom stereocenters. The molecule has 210 valence electrons. The van der Waals surface area contributed by atoms with E-state index in [1.807, 2.05) is 93.6 Å². The Labute approximate surface area is 239 Å². The second-order valence-electron chi connectivity index (χ2n) is 10.3. The van der Waals surface area contributed by atoms with Crippen molar-refractivity contribution in [1.82, 2.24) is 14.9 Å². The van der Waals surface area contributed by atoms with Crippen molar-refractivity contribution in [1.29, 1.82) is 0 Å². The number of nitrogens with one attached hydrogen (secondary N) is 1. The SMILES string of the molecule is CCCc1nc(C)n(-c2cccc(OC(C)C)c2)c(=O)c1Cc1ccc(-c2ccccc2C2=NOCC(=O)N2)cc1. The van der Waals surface area contributed by atoms with E-state index in [2.05, 4.69) is 17.4 Å². The molecule has 4 aromatic rings. The molecule has 0 fully saturated rings. The van der Waals surface area contributed by atoms with Crippen LogP contribution in [0.15, 0.2) is 82.7 Å². The summed E-state index contributed by atoms with van der Waals surface area (Å²) < 4.78 is 7.55. The lowest BCUT2D eigenvalue weighted by molar-refractivity contribution is -0.125. The van der Waals surface area contributed by atoms with Crippen molar-refractivity contribution in [2.75, 3.05) is 6.61 Å². The van der Waals surface area contributed by atoms with E-state index < -0.39 is 0 Å². The molecule has 0 saturated heterocycles. The van der Waals surface area contributed by atoms with Gasteiger partial charge in [0.05, 0.1) is 17.5 Å². The molecule has 1 aliphatic heterocycles. The predicted molar refractivity (Wildman–Crippen MR) is 160 cm³/mol. The summed E-state index contributed by atoms with van der Waals surface area (Å²) >= 11 is 0. The maximum atomic E-state index is 14.0. The molecule has 1 N–H and O–H groups in total. The number of amides is 1. The highest BCUT2D eigenvalue weighted by Crippen LogP contribution is 2.26. The summed E-state index contributed by atoms with van der Waals surface area (Å²) in [5.74, 6) is 1.51. The van der Waals surface area contributed by atoms with Gasteiger partial charge in [0.2, 0.25) is 0 Å². The maximum Gasteiger partial charge on any atom is 0.266 e. The summed E-state index contributed by atoms with van der Waals surface area (Å²) in [4.78, 5) is 35.8. The fraction of sp³-hybridized carbons (Fsp3) is 0.273. The van der Waals surface area contributed by atoms with Gasteiger partial charge in [-0.15, -0.1) is 0 Å². The zero-order valence-corrected chi connectivity index (χ0v) is 23.8. The van der Waals surface area contributed by atoms with Crippen LogP contribution in [0.4, 0.5) is 0 Å². The zero-order valence-electron chi connectivity index (χ0n) is 23.8. The molecular formula is C33H34N4O4.